The van der Waals surface area contributed by atoms with Crippen molar-refractivity contribution in [2.45, 2.75) is 6.17 Å². The average Bonchev–Trinajstić information content (AvgIpc) is 3.01. The standard InChI is InChI=1S/C17H18N4O/c1-2-6-14(7-3-1)17(20-10-12-22-13-11-20)21-16-9-5-4-8-15(16)18-19-21/h1-9,17H,10-13H2. The molecule has 22 heavy (non-hydrogen) atoms. The van der Waals surface area contributed by atoms with Gasteiger partial charge >= 0.3 is 0 Å². The summed E-state index contributed by atoms with van der Waals surface area (Å²) in [4.78, 5) is 2.40. The Bertz CT molecular complexity index is 749. The van der Waals surface area contributed by atoms with Crippen molar-refractivity contribution in [3.8, 4) is 0 Å². The maximum atomic E-state index is 5.50. The Morgan fingerprint density at radius 2 is 1.64 bits per heavy atom. The van der Waals surface area contributed by atoms with Crippen LogP contribution < -0.4 is 0 Å². The Hall–Kier alpha value is -2.24. The van der Waals surface area contributed by atoms with Crippen molar-refractivity contribution in [2.75, 3.05) is 26.3 Å². The third kappa shape index (κ3) is 2.38. The first-order valence-electron chi connectivity index (χ1n) is 7.60. The van der Waals surface area contributed by atoms with E-state index in [1.807, 2.05) is 28.9 Å². The van der Waals surface area contributed by atoms with Gasteiger partial charge in [-0.1, -0.05) is 47.7 Å². The minimum atomic E-state index is 0.0532. The molecule has 5 heteroatoms. The highest BCUT2D eigenvalue weighted by Gasteiger charge is 2.26. The molecule has 0 bridgehead atoms. The molecule has 0 amide bonds. The summed E-state index contributed by atoms with van der Waals surface area (Å²) in [5, 5.41) is 8.75. The molecule has 112 valence electrons. The molecule has 2 aromatic carbocycles. The van der Waals surface area contributed by atoms with Gasteiger partial charge in [0.2, 0.25) is 0 Å². The molecule has 1 aliphatic rings. The van der Waals surface area contributed by atoms with Crippen LogP contribution in [0, 0.1) is 0 Å². The number of rotatable bonds is 3. The fourth-order valence-corrected chi connectivity index (χ4v) is 3.02. The van der Waals surface area contributed by atoms with Crippen LogP contribution >= 0.6 is 0 Å². The fourth-order valence-electron chi connectivity index (χ4n) is 3.02. The first-order chi connectivity index (χ1) is 10.9. The number of para-hydroxylation sites is 1. The number of ether oxygens (including phenoxy) is 1. The molecule has 0 saturated carbocycles. The first kappa shape index (κ1) is 13.4. The Morgan fingerprint density at radius 3 is 2.45 bits per heavy atom. The summed E-state index contributed by atoms with van der Waals surface area (Å²) < 4.78 is 7.53. The number of hydrogen-bond acceptors (Lipinski definition) is 4. The number of benzene rings is 2. The zero-order valence-corrected chi connectivity index (χ0v) is 12.3. The van der Waals surface area contributed by atoms with Gasteiger partial charge in [0.1, 0.15) is 11.7 Å². The van der Waals surface area contributed by atoms with Crippen molar-refractivity contribution < 1.29 is 4.74 Å². The molecule has 0 spiro atoms. The number of aromatic nitrogens is 3. The molecule has 1 aromatic heterocycles. The van der Waals surface area contributed by atoms with E-state index in [0.717, 1.165) is 37.3 Å². The van der Waals surface area contributed by atoms with Gasteiger partial charge in [-0.25, -0.2) is 4.68 Å². The van der Waals surface area contributed by atoms with Crippen LogP contribution in [0.2, 0.25) is 0 Å². The van der Waals surface area contributed by atoms with E-state index in [1.54, 1.807) is 0 Å². The maximum absolute atomic E-state index is 5.50. The van der Waals surface area contributed by atoms with Crippen molar-refractivity contribution in [2.24, 2.45) is 0 Å². The summed E-state index contributed by atoms with van der Waals surface area (Å²) in [6, 6.07) is 18.6. The molecule has 1 fully saturated rings. The summed E-state index contributed by atoms with van der Waals surface area (Å²) in [7, 11) is 0. The van der Waals surface area contributed by atoms with E-state index >= 15 is 0 Å². The lowest BCUT2D eigenvalue weighted by Gasteiger charge is -2.34. The minimum Gasteiger partial charge on any atom is -0.379 e. The van der Waals surface area contributed by atoms with Gasteiger partial charge in [-0.3, -0.25) is 4.90 Å². The van der Waals surface area contributed by atoms with E-state index in [2.05, 4.69) is 45.5 Å². The van der Waals surface area contributed by atoms with Crippen molar-refractivity contribution in [3.05, 3.63) is 60.2 Å². The molecule has 0 N–H and O–H groups in total. The molecule has 1 unspecified atom stereocenters. The zero-order valence-electron chi connectivity index (χ0n) is 12.3. The predicted octanol–water partition coefficient (Wildman–Crippen LogP) is 2.31. The number of nitrogens with zero attached hydrogens (tertiary/aromatic N) is 4. The molecule has 1 saturated heterocycles. The van der Waals surface area contributed by atoms with Crippen LogP contribution in [0.1, 0.15) is 11.7 Å². The van der Waals surface area contributed by atoms with Crippen molar-refractivity contribution >= 4 is 11.0 Å². The molecule has 1 atom stereocenters. The molecule has 4 rings (SSSR count). The lowest BCUT2D eigenvalue weighted by Crippen LogP contribution is -2.42. The Kier molecular flexibility index (Phi) is 3.58. The van der Waals surface area contributed by atoms with E-state index in [0.29, 0.717) is 0 Å². The lowest BCUT2D eigenvalue weighted by atomic mass is 10.1. The topological polar surface area (TPSA) is 43.2 Å². The van der Waals surface area contributed by atoms with Gasteiger partial charge in [-0.2, -0.15) is 0 Å². The van der Waals surface area contributed by atoms with Gasteiger partial charge < -0.3 is 4.74 Å². The van der Waals surface area contributed by atoms with Crippen LogP contribution in [0.4, 0.5) is 0 Å². The monoisotopic (exact) mass is 294 g/mol. The van der Waals surface area contributed by atoms with Crippen LogP contribution in [0.15, 0.2) is 54.6 Å². The zero-order chi connectivity index (χ0) is 14.8. The van der Waals surface area contributed by atoms with E-state index in [1.165, 1.54) is 5.56 Å². The Morgan fingerprint density at radius 1 is 0.909 bits per heavy atom. The van der Waals surface area contributed by atoms with Gasteiger partial charge in [0, 0.05) is 13.1 Å². The molecule has 0 aliphatic carbocycles. The number of hydrogen-bond donors (Lipinski definition) is 0. The van der Waals surface area contributed by atoms with Crippen LogP contribution in [0.25, 0.3) is 11.0 Å². The molecule has 1 aliphatic heterocycles. The highest BCUT2D eigenvalue weighted by molar-refractivity contribution is 5.74. The van der Waals surface area contributed by atoms with Crippen molar-refractivity contribution in [3.63, 3.8) is 0 Å². The second kappa shape index (κ2) is 5.87. The lowest BCUT2D eigenvalue weighted by molar-refractivity contribution is 0.00713. The van der Waals surface area contributed by atoms with Gasteiger partial charge in [-0.05, 0) is 17.7 Å². The Balaban J connectivity index is 1.83. The smallest absolute Gasteiger partial charge is 0.132 e. The van der Waals surface area contributed by atoms with Gasteiger partial charge in [0.05, 0.1) is 18.7 Å². The third-order valence-electron chi connectivity index (χ3n) is 4.10. The van der Waals surface area contributed by atoms with E-state index < -0.39 is 0 Å². The number of fused-ring (bicyclic) bond motifs is 1. The second-order valence-electron chi connectivity index (χ2n) is 5.46. The van der Waals surface area contributed by atoms with Gasteiger partial charge in [-0.15, -0.1) is 5.10 Å². The predicted molar refractivity (Wildman–Crippen MR) is 84.5 cm³/mol. The van der Waals surface area contributed by atoms with Gasteiger partial charge in [0.15, 0.2) is 0 Å². The molecule has 0 radical (unpaired) electrons. The summed E-state index contributed by atoms with van der Waals surface area (Å²) in [5.41, 5.74) is 3.21. The van der Waals surface area contributed by atoms with Crippen LogP contribution in [0.3, 0.4) is 0 Å². The maximum Gasteiger partial charge on any atom is 0.132 e. The molecular weight excluding hydrogens is 276 g/mol. The van der Waals surface area contributed by atoms with Crippen molar-refractivity contribution in [1.82, 2.24) is 19.9 Å². The highest BCUT2D eigenvalue weighted by Crippen LogP contribution is 2.26. The molecule has 2 heterocycles. The van der Waals surface area contributed by atoms with Gasteiger partial charge in [0.25, 0.3) is 0 Å². The normalized spacial score (nSPS) is 17.6. The average molecular weight is 294 g/mol. The number of morpholine rings is 1. The SMILES string of the molecule is c1ccc(C(N2CCOCC2)n2nnc3ccccc32)cc1. The quantitative estimate of drug-likeness (QED) is 0.743. The molecule has 5 nitrogen and oxygen atoms in total. The third-order valence-corrected chi connectivity index (χ3v) is 4.10. The van der Waals surface area contributed by atoms with E-state index in [9.17, 15) is 0 Å². The second-order valence-corrected chi connectivity index (χ2v) is 5.46. The van der Waals surface area contributed by atoms with E-state index in [-0.39, 0.29) is 6.17 Å². The summed E-state index contributed by atoms with van der Waals surface area (Å²) in [6.45, 7) is 3.31. The summed E-state index contributed by atoms with van der Waals surface area (Å²) in [6.07, 6.45) is 0.0532. The van der Waals surface area contributed by atoms with E-state index in [4.69, 9.17) is 4.74 Å². The largest absolute Gasteiger partial charge is 0.379 e. The summed E-state index contributed by atoms with van der Waals surface area (Å²) >= 11 is 0. The Labute approximate surface area is 129 Å². The molecular formula is C17H18N4O. The minimum absolute atomic E-state index is 0.0532. The van der Waals surface area contributed by atoms with Crippen LogP contribution in [-0.2, 0) is 4.74 Å². The van der Waals surface area contributed by atoms with Crippen LogP contribution in [0.5, 0.6) is 0 Å². The van der Waals surface area contributed by atoms with Crippen LogP contribution in [-0.4, -0.2) is 46.2 Å². The first-order valence-corrected chi connectivity index (χ1v) is 7.60. The van der Waals surface area contributed by atoms with Crippen molar-refractivity contribution in [1.29, 1.82) is 0 Å². The fraction of sp³-hybridized carbons (Fsp3) is 0.294. The highest BCUT2D eigenvalue weighted by atomic mass is 16.5. The molecule has 3 aromatic rings. The summed E-state index contributed by atoms with van der Waals surface area (Å²) in [5.74, 6) is 0.